The zero-order valence-corrected chi connectivity index (χ0v) is 16.0. The van der Waals surface area contributed by atoms with Crippen LogP contribution in [-0.4, -0.2) is 20.7 Å². The van der Waals surface area contributed by atoms with Gasteiger partial charge in [0.15, 0.2) is 0 Å². The number of nitrogens with zero attached hydrogens (tertiary/aromatic N) is 3. The summed E-state index contributed by atoms with van der Waals surface area (Å²) in [4.78, 5) is 16.5. The van der Waals surface area contributed by atoms with Crippen LogP contribution in [0.15, 0.2) is 48.7 Å². The van der Waals surface area contributed by atoms with Crippen molar-refractivity contribution in [3.63, 3.8) is 0 Å². The molecule has 0 aliphatic heterocycles. The highest BCUT2D eigenvalue weighted by atomic mass is 35.5. The Morgan fingerprint density at radius 3 is 2.58 bits per heavy atom. The van der Waals surface area contributed by atoms with Gasteiger partial charge in [-0.1, -0.05) is 44.5 Å². The first-order chi connectivity index (χ1) is 12.2. The molecule has 26 heavy (non-hydrogen) atoms. The molecular weight excluding hydrogens is 348 g/mol. The van der Waals surface area contributed by atoms with Crippen molar-refractivity contribution >= 4 is 23.3 Å². The van der Waals surface area contributed by atoms with Crippen LogP contribution in [0.1, 0.15) is 42.4 Å². The number of amides is 1. The number of aryl methyl sites for hydroxylation is 1. The van der Waals surface area contributed by atoms with Gasteiger partial charge in [-0.15, -0.1) is 0 Å². The molecule has 0 saturated carbocycles. The van der Waals surface area contributed by atoms with E-state index in [4.69, 9.17) is 16.7 Å². The van der Waals surface area contributed by atoms with E-state index in [0.29, 0.717) is 11.4 Å². The van der Waals surface area contributed by atoms with Crippen LogP contribution >= 0.6 is 11.6 Å². The van der Waals surface area contributed by atoms with E-state index in [2.05, 4.69) is 31.1 Å². The van der Waals surface area contributed by atoms with Crippen molar-refractivity contribution in [2.24, 2.45) is 0 Å². The molecule has 0 saturated heterocycles. The highest BCUT2D eigenvalue weighted by Gasteiger charge is 2.22. The zero-order valence-electron chi connectivity index (χ0n) is 15.2. The molecule has 134 valence electrons. The van der Waals surface area contributed by atoms with Crippen LogP contribution in [0.3, 0.4) is 0 Å². The fourth-order valence-electron chi connectivity index (χ4n) is 2.53. The number of hydrogen-bond acceptors (Lipinski definition) is 3. The molecular formula is C20H21ClN4O. The lowest BCUT2D eigenvalue weighted by molar-refractivity contribution is 0.102. The summed E-state index contributed by atoms with van der Waals surface area (Å²) in [6.07, 6.45) is 1.51. The molecule has 1 amide bonds. The minimum absolute atomic E-state index is 0.144. The lowest BCUT2D eigenvalue weighted by Gasteiger charge is -2.14. The van der Waals surface area contributed by atoms with Crippen LogP contribution in [0.4, 0.5) is 5.82 Å². The highest BCUT2D eigenvalue weighted by Crippen LogP contribution is 2.27. The standard InChI is InChI=1S/C20H21ClN4O/c1-13-6-5-7-15(10-13)25-18(12-16(24-25)20(2,3)4)23-19(26)14-8-9-22-17(21)11-14/h5-12H,1-4H3,(H,23,26). The number of hydrogen-bond donors (Lipinski definition) is 1. The van der Waals surface area contributed by atoms with Gasteiger partial charge in [0.25, 0.3) is 5.91 Å². The molecule has 5 nitrogen and oxygen atoms in total. The summed E-state index contributed by atoms with van der Waals surface area (Å²) in [5, 5.41) is 7.94. The normalized spacial score (nSPS) is 11.4. The first-order valence-corrected chi connectivity index (χ1v) is 8.72. The summed E-state index contributed by atoms with van der Waals surface area (Å²) in [6.45, 7) is 8.29. The Bertz CT molecular complexity index is 956. The van der Waals surface area contributed by atoms with Gasteiger partial charge in [0.1, 0.15) is 11.0 Å². The fourth-order valence-corrected chi connectivity index (χ4v) is 2.70. The van der Waals surface area contributed by atoms with Crippen molar-refractivity contribution in [3.05, 3.63) is 70.6 Å². The molecule has 0 spiro atoms. The number of carbonyl (C=O) groups excluding carboxylic acids is 1. The largest absolute Gasteiger partial charge is 0.306 e. The minimum Gasteiger partial charge on any atom is -0.306 e. The van der Waals surface area contributed by atoms with Crippen LogP contribution in [0.5, 0.6) is 0 Å². The second-order valence-corrected chi connectivity index (χ2v) is 7.62. The number of halogens is 1. The fraction of sp³-hybridized carbons (Fsp3) is 0.250. The molecule has 0 aliphatic carbocycles. The molecule has 0 bridgehead atoms. The number of aromatic nitrogens is 3. The highest BCUT2D eigenvalue weighted by molar-refractivity contribution is 6.29. The monoisotopic (exact) mass is 368 g/mol. The van der Waals surface area contributed by atoms with Crippen molar-refractivity contribution in [3.8, 4) is 5.69 Å². The lowest BCUT2D eigenvalue weighted by Crippen LogP contribution is -2.15. The van der Waals surface area contributed by atoms with Crippen LogP contribution < -0.4 is 5.32 Å². The van der Waals surface area contributed by atoms with Gasteiger partial charge in [-0.3, -0.25) is 4.79 Å². The molecule has 0 radical (unpaired) electrons. The summed E-state index contributed by atoms with van der Waals surface area (Å²) in [5.41, 5.74) is 3.20. The van der Waals surface area contributed by atoms with Gasteiger partial charge in [-0.25, -0.2) is 9.67 Å². The Hall–Kier alpha value is -2.66. The Balaban J connectivity index is 2.02. The predicted molar refractivity (Wildman–Crippen MR) is 104 cm³/mol. The molecule has 6 heteroatoms. The van der Waals surface area contributed by atoms with Gasteiger partial charge in [0.2, 0.25) is 0 Å². The van der Waals surface area contributed by atoms with E-state index in [1.807, 2.05) is 37.3 Å². The van der Waals surface area contributed by atoms with E-state index in [1.54, 1.807) is 10.7 Å². The number of nitrogens with one attached hydrogen (secondary N) is 1. The average molecular weight is 369 g/mol. The van der Waals surface area contributed by atoms with Gasteiger partial charge in [-0.05, 0) is 36.8 Å². The van der Waals surface area contributed by atoms with Crippen LogP contribution in [0.25, 0.3) is 5.69 Å². The Morgan fingerprint density at radius 2 is 1.92 bits per heavy atom. The van der Waals surface area contributed by atoms with Gasteiger partial charge in [-0.2, -0.15) is 5.10 Å². The third kappa shape index (κ3) is 3.94. The molecule has 1 N–H and O–H groups in total. The molecule has 0 fully saturated rings. The van der Waals surface area contributed by atoms with Gasteiger partial charge < -0.3 is 5.32 Å². The van der Waals surface area contributed by atoms with E-state index in [0.717, 1.165) is 16.9 Å². The first kappa shape index (κ1) is 18.1. The maximum atomic E-state index is 12.6. The van der Waals surface area contributed by atoms with Gasteiger partial charge >= 0.3 is 0 Å². The van der Waals surface area contributed by atoms with Crippen molar-refractivity contribution in [1.82, 2.24) is 14.8 Å². The number of rotatable bonds is 3. The molecule has 1 aromatic carbocycles. The smallest absolute Gasteiger partial charge is 0.256 e. The van der Waals surface area contributed by atoms with Crippen molar-refractivity contribution in [2.45, 2.75) is 33.1 Å². The van der Waals surface area contributed by atoms with Gasteiger partial charge in [0, 0.05) is 23.2 Å². The van der Waals surface area contributed by atoms with Gasteiger partial charge in [0.05, 0.1) is 11.4 Å². The first-order valence-electron chi connectivity index (χ1n) is 8.34. The Labute approximate surface area is 158 Å². The second-order valence-electron chi connectivity index (χ2n) is 7.24. The van der Waals surface area contributed by atoms with Crippen LogP contribution in [-0.2, 0) is 5.41 Å². The third-order valence-electron chi connectivity index (χ3n) is 3.95. The van der Waals surface area contributed by atoms with Crippen LogP contribution in [0, 0.1) is 6.92 Å². The van der Waals surface area contributed by atoms with E-state index in [9.17, 15) is 4.79 Å². The summed E-state index contributed by atoms with van der Waals surface area (Å²) in [6, 6.07) is 13.0. The maximum Gasteiger partial charge on any atom is 0.256 e. The van der Waals surface area contributed by atoms with E-state index < -0.39 is 0 Å². The number of carbonyl (C=O) groups is 1. The quantitative estimate of drug-likeness (QED) is 0.677. The van der Waals surface area contributed by atoms with E-state index >= 15 is 0 Å². The molecule has 3 aromatic rings. The summed E-state index contributed by atoms with van der Waals surface area (Å²) >= 11 is 5.89. The number of pyridine rings is 1. The van der Waals surface area contributed by atoms with Crippen LogP contribution in [0.2, 0.25) is 5.15 Å². The molecule has 0 atom stereocenters. The Kier molecular flexibility index (Phi) is 4.83. The summed E-state index contributed by atoms with van der Waals surface area (Å²) < 4.78 is 1.76. The number of anilines is 1. The summed E-state index contributed by atoms with van der Waals surface area (Å²) in [5.74, 6) is 0.349. The maximum absolute atomic E-state index is 12.6. The SMILES string of the molecule is Cc1cccc(-n2nc(C(C)(C)C)cc2NC(=O)c2ccnc(Cl)c2)c1. The molecule has 3 rings (SSSR count). The second kappa shape index (κ2) is 6.92. The molecule has 0 aliphatic rings. The van der Waals surface area contributed by atoms with E-state index in [-0.39, 0.29) is 16.5 Å². The predicted octanol–water partition coefficient (Wildman–Crippen LogP) is 4.78. The van der Waals surface area contributed by atoms with E-state index in [1.165, 1.54) is 12.3 Å². The molecule has 2 heterocycles. The number of benzene rings is 1. The topological polar surface area (TPSA) is 59.8 Å². The third-order valence-corrected chi connectivity index (χ3v) is 4.16. The summed E-state index contributed by atoms with van der Waals surface area (Å²) in [7, 11) is 0. The average Bonchev–Trinajstić information content (AvgIpc) is 2.99. The molecule has 0 unspecified atom stereocenters. The zero-order chi connectivity index (χ0) is 18.9. The van der Waals surface area contributed by atoms with Crippen molar-refractivity contribution in [1.29, 1.82) is 0 Å². The lowest BCUT2D eigenvalue weighted by atomic mass is 9.92. The minimum atomic E-state index is -0.261. The Morgan fingerprint density at radius 1 is 1.15 bits per heavy atom. The van der Waals surface area contributed by atoms with Crippen molar-refractivity contribution in [2.75, 3.05) is 5.32 Å². The van der Waals surface area contributed by atoms with Crippen molar-refractivity contribution < 1.29 is 4.79 Å². The molecule has 2 aromatic heterocycles.